The summed E-state index contributed by atoms with van der Waals surface area (Å²) in [7, 11) is -6.89. The maximum absolute atomic E-state index is 12.7. The van der Waals surface area contributed by atoms with E-state index in [0.717, 1.165) is 11.8 Å². The largest absolute Gasteiger partial charge is 0.357 e. The van der Waals surface area contributed by atoms with Crippen molar-refractivity contribution >= 4 is 25.8 Å². The van der Waals surface area contributed by atoms with Gasteiger partial charge in [0.15, 0.2) is 9.84 Å². The summed E-state index contributed by atoms with van der Waals surface area (Å²) in [6, 6.07) is 0.354. The lowest BCUT2D eigenvalue weighted by atomic mass is 10.1. The maximum Gasteiger partial charge on any atom is 0.270 e. The molecule has 2 fully saturated rings. The molecular weight excluding hydrogens is 342 g/mol. The van der Waals surface area contributed by atoms with Gasteiger partial charge in [0.25, 0.3) is 5.91 Å². The van der Waals surface area contributed by atoms with E-state index in [1.807, 2.05) is 6.92 Å². The average Bonchev–Trinajstić information content (AvgIpc) is 2.97. The first kappa shape index (κ1) is 16.5. The number of carbonyl (C=O) groups excluding carboxylic acids is 1. The van der Waals surface area contributed by atoms with E-state index < -0.39 is 31.9 Å². The molecule has 0 bridgehead atoms. The monoisotopic (exact) mass is 361 g/mol. The van der Waals surface area contributed by atoms with Crippen molar-refractivity contribution in [2.75, 3.05) is 30.9 Å². The third kappa shape index (κ3) is 3.02. The Morgan fingerprint density at radius 2 is 1.91 bits per heavy atom. The van der Waals surface area contributed by atoms with Gasteiger partial charge in [-0.3, -0.25) is 4.79 Å². The number of sulfone groups is 1. The molecule has 1 N–H and O–H groups in total. The summed E-state index contributed by atoms with van der Waals surface area (Å²) in [5.41, 5.74) is 1.29. The lowest BCUT2D eigenvalue weighted by Crippen LogP contribution is -2.61. The minimum absolute atomic E-state index is 0.112. The molecule has 128 valence electrons. The van der Waals surface area contributed by atoms with Crippen molar-refractivity contribution in [1.82, 2.24) is 14.2 Å². The van der Waals surface area contributed by atoms with Gasteiger partial charge in [-0.25, -0.2) is 16.8 Å². The molecule has 2 saturated heterocycles. The highest BCUT2D eigenvalue weighted by molar-refractivity contribution is 7.92. The fraction of sp³-hybridized carbons (Fsp3) is 0.615. The number of nitrogens with zero attached hydrogens (tertiary/aromatic N) is 2. The number of fused-ring (bicyclic) bond motifs is 1. The van der Waals surface area contributed by atoms with Crippen molar-refractivity contribution in [2.24, 2.45) is 0 Å². The highest BCUT2D eigenvalue weighted by Gasteiger charge is 2.50. The summed E-state index contributed by atoms with van der Waals surface area (Å²) < 4.78 is 49.1. The normalized spacial score (nSPS) is 27.8. The topological polar surface area (TPSA) is 108 Å². The van der Waals surface area contributed by atoms with Crippen LogP contribution in [0.2, 0.25) is 0 Å². The molecule has 1 aromatic heterocycles. The van der Waals surface area contributed by atoms with Crippen molar-refractivity contribution in [3.05, 3.63) is 23.5 Å². The minimum Gasteiger partial charge on any atom is -0.357 e. The zero-order valence-electron chi connectivity index (χ0n) is 12.9. The third-order valence-electron chi connectivity index (χ3n) is 4.37. The van der Waals surface area contributed by atoms with Gasteiger partial charge in [0.05, 0.1) is 29.8 Å². The highest BCUT2D eigenvalue weighted by Crippen LogP contribution is 2.29. The first-order valence-corrected chi connectivity index (χ1v) is 10.9. The van der Waals surface area contributed by atoms with Crippen LogP contribution < -0.4 is 0 Å². The van der Waals surface area contributed by atoms with Gasteiger partial charge in [0.1, 0.15) is 5.69 Å². The average molecular weight is 361 g/mol. The summed E-state index contributed by atoms with van der Waals surface area (Å²) in [5, 5.41) is 0. The van der Waals surface area contributed by atoms with Gasteiger partial charge in [0.2, 0.25) is 10.0 Å². The summed E-state index contributed by atoms with van der Waals surface area (Å²) in [6.45, 7) is 2.14. The predicted molar refractivity (Wildman–Crippen MR) is 84.3 cm³/mol. The Bertz CT molecular complexity index is 843. The summed E-state index contributed by atoms with van der Waals surface area (Å²) >= 11 is 0. The fourth-order valence-electron chi connectivity index (χ4n) is 3.37. The molecule has 10 heteroatoms. The molecule has 0 radical (unpaired) electrons. The quantitative estimate of drug-likeness (QED) is 0.742. The molecule has 0 unspecified atom stereocenters. The number of sulfonamides is 1. The van der Waals surface area contributed by atoms with Crippen LogP contribution >= 0.6 is 0 Å². The molecule has 8 nitrogen and oxygen atoms in total. The lowest BCUT2D eigenvalue weighted by Gasteiger charge is -2.42. The van der Waals surface area contributed by atoms with E-state index in [0.29, 0.717) is 5.69 Å². The second kappa shape index (κ2) is 5.32. The molecule has 3 heterocycles. The Balaban J connectivity index is 1.94. The van der Waals surface area contributed by atoms with Crippen LogP contribution in [0.5, 0.6) is 0 Å². The van der Waals surface area contributed by atoms with E-state index >= 15 is 0 Å². The molecular formula is C13H19N3O5S2. The Morgan fingerprint density at radius 1 is 1.26 bits per heavy atom. The second-order valence-electron chi connectivity index (χ2n) is 6.17. The summed E-state index contributed by atoms with van der Waals surface area (Å²) in [5.74, 6) is -0.730. The van der Waals surface area contributed by atoms with Crippen LogP contribution in [0.25, 0.3) is 0 Å². The molecule has 0 aromatic carbocycles. The summed E-state index contributed by atoms with van der Waals surface area (Å²) in [6.07, 6.45) is 2.77. The van der Waals surface area contributed by atoms with Gasteiger partial charge in [-0.1, -0.05) is 0 Å². The van der Waals surface area contributed by atoms with E-state index in [-0.39, 0.29) is 30.5 Å². The molecule has 0 saturated carbocycles. The number of amides is 1. The molecule has 1 aromatic rings. The van der Waals surface area contributed by atoms with Crippen LogP contribution in [0.15, 0.2) is 12.3 Å². The van der Waals surface area contributed by atoms with Crippen LogP contribution in [-0.2, 0) is 19.9 Å². The maximum atomic E-state index is 12.7. The van der Waals surface area contributed by atoms with Gasteiger partial charge >= 0.3 is 0 Å². The zero-order chi connectivity index (χ0) is 17.0. The molecule has 0 aliphatic carbocycles. The van der Waals surface area contributed by atoms with Gasteiger partial charge < -0.3 is 9.88 Å². The van der Waals surface area contributed by atoms with E-state index in [1.165, 1.54) is 9.21 Å². The number of aryl methyl sites for hydroxylation is 1. The number of H-pyrrole nitrogens is 1. The number of hydrogen-bond donors (Lipinski definition) is 1. The van der Waals surface area contributed by atoms with Gasteiger partial charge in [-0.15, -0.1) is 0 Å². The number of carbonyl (C=O) groups is 1. The van der Waals surface area contributed by atoms with Crippen molar-refractivity contribution < 1.29 is 21.6 Å². The van der Waals surface area contributed by atoms with Gasteiger partial charge in [-0.05, 0) is 18.6 Å². The number of aromatic amines is 1. The van der Waals surface area contributed by atoms with Crippen molar-refractivity contribution in [2.45, 2.75) is 19.0 Å². The van der Waals surface area contributed by atoms with Crippen LogP contribution in [0.3, 0.4) is 0 Å². The van der Waals surface area contributed by atoms with Crippen LogP contribution in [0.1, 0.15) is 16.1 Å². The van der Waals surface area contributed by atoms with Crippen LogP contribution in [0.4, 0.5) is 0 Å². The highest BCUT2D eigenvalue weighted by atomic mass is 32.2. The number of rotatable bonds is 2. The van der Waals surface area contributed by atoms with Crippen LogP contribution in [0, 0.1) is 6.92 Å². The van der Waals surface area contributed by atoms with E-state index in [2.05, 4.69) is 4.98 Å². The Labute approximate surface area is 135 Å². The van der Waals surface area contributed by atoms with Gasteiger partial charge in [0, 0.05) is 19.3 Å². The molecule has 3 rings (SSSR count). The molecule has 1 amide bonds. The number of aromatic nitrogens is 1. The molecule has 23 heavy (non-hydrogen) atoms. The summed E-state index contributed by atoms with van der Waals surface area (Å²) in [4.78, 5) is 17.0. The van der Waals surface area contributed by atoms with E-state index in [9.17, 15) is 21.6 Å². The number of nitrogens with one attached hydrogen (secondary N) is 1. The second-order valence-corrected chi connectivity index (χ2v) is 10.3. The Morgan fingerprint density at radius 3 is 2.48 bits per heavy atom. The van der Waals surface area contributed by atoms with Crippen molar-refractivity contribution in [1.29, 1.82) is 0 Å². The SMILES string of the molecule is Cc1c[nH]c(C(=O)N2CCN(S(C)(=O)=O)[C@@H]3CS(=O)(=O)C[C@@H]32)c1. The van der Waals surface area contributed by atoms with E-state index in [1.54, 1.807) is 12.3 Å². The molecule has 2 atom stereocenters. The zero-order valence-corrected chi connectivity index (χ0v) is 14.5. The molecule has 2 aliphatic heterocycles. The fourth-order valence-corrected chi connectivity index (χ4v) is 6.56. The van der Waals surface area contributed by atoms with Crippen molar-refractivity contribution in [3.63, 3.8) is 0 Å². The number of piperazine rings is 1. The lowest BCUT2D eigenvalue weighted by molar-refractivity contribution is 0.0511. The predicted octanol–water partition coefficient (Wildman–Crippen LogP) is -0.794. The Kier molecular flexibility index (Phi) is 3.81. The molecule has 2 aliphatic rings. The van der Waals surface area contributed by atoms with Gasteiger partial charge in [-0.2, -0.15) is 4.31 Å². The smallest absolute Gasteiger partial charge is 0.270 e. The third-order valence-corrected chi connectivity index (χ3v) is 7.37. The van der Waals surface area contributed by atoms with E-state index in [4.69, 9.17) is 0 Å². The number of hydrogen-bond acceptors (Lipinski definition) is 5. The molecule has 0 spiro atoms. The first-order valence-electron chi connectivity index (χ1n) is 7.22. The standard InChI is InChI=1S/C13H19N3O5S2/c1-9-5-10(14-6-9)13(17)15-3-4-16(22(2,18)19)12-8-23(20,21)7-11(12)15/h5-6,11-12,14H,3-4,7-8H2,1-2H3/t11-,12+/m0/s1. The minimum atomic E-state index is -3.52. The van der Waals surface area contributed by atoms with Crippen LogP contribution in [-0.4, -0.2) is 79.9 Å². The first-order chi connectivity index (χ1) is 10.6. The Hall–Kier alpha value is -1.39. The van der Waals surface area contributed by atoms with Crippen molar-refractivity contribution in [3.8, 4) is 0 Å².